The van der Waals surface area contributed by atoms with Crippen molar-refractivity contribution in [1.82, 2.24) is 4.98 Å². The summed E-state index contributed by atoms with van der Waals surface area (Å²) in [7, 11) is 0. The van der Waals surface area contributed by atoms with E-state index in [1.165, 1.54) is 0 Å². The number of hydrogen-bond donors (Lipinski definition) is 1. The number of aromatic nitrogens is 1. The van der Waals surface area contributed by atoms with Gasteiger partial charge in [-0.1, -0.05) is 18.2 Å². The van der Waals surface area contributed by atoms with Crippen molar-refractivity contribution in [1.29, 1.82) is 0 Å². The van der Waals surface area contributed by atoms with E-state index in [1.54, 1.807) is 6.20 Å². The second kappa shape index (κ2) is 4.49. The lowest BCUT2D eigenvalue weighted by molar-refractivity contribution is 1.34. The summed E-state index contributed by atoms with van der Waals surface area (Å²) in [6.45, 7) is 1.98. The molecule has 0 radical (unpaired) electrons. The summed E-state index contributed by atoms with van der Waals surface area (Å²) in [5.74, 6) is 0.630. The first-order valence-corrected chi connectivity index (χ1v) is 5.49. The lowest BCUT2D eigenvalue weighted by Crippen LogP contribution is -2.12. The fourth-order valence-corrected chi connectivity index (χ4v) is 1.60. The molecule has 0 amide bonds. The van der Waals surface area contributed by atoms with Crippen LogP contribution in [0.1, 0.15) is 5.56 Å². The van der Waals surface area contributed by atoms with Crippen molar-refractivity contribution in [2.75, 3.05) is 5.88 Å². The maximum Gasteiger partial charge on any atom is 0.115 e. The lowest BCUT2D eigenvalue weighted by Gasteiger charge is -2.05. The molecule has 0 atom stereocenters. The molecule has 0 aliphatic rings. The fourth-order valence-electron chi connectivity index (χ4n) is 1.55. The van der Waals surface area contributed by atoms with Crippen molar-refractivity contribution in [3.63, 3.8) is 0 Å². The standard InChI is InChI=1S/C12H12ClN3/c1-8-4-5-9-3-2-6-15-12(9)11(8)16-10(14)7-13/h2-6H,7H2,1H3,(H2,14,16). The Labute approximate surface area is 99.0 Å². The van der Waals surface area contributed by atoms with Crippen LogP contribution in [0.15, 0.2) is 35.5 Å². The molecule has 16 heavy (non-hydrogen) atoms. The van der Waals surface area contributed by atoms with Crippen LogP contribution in [0.2, 0.25) is 0 Å². The summed E-state index contributed by atoms with van der Waals surface area (Å²) < 4.78 is 0. The minimum atomic E-state index is 0.225. The van der Waals surface area contributed by atoms with Crippen molar-refractivity contribution in [2.24, 2.45) is 10.7 Å². The van der Waals surface area contributed by atoms with Gasteiger partial charge in [-0.15, -0.1) is 11.6 Å². The van der Waals surface area contributed by atoms with Crippen LogP contribution in [-0.4, -0.2) is 16.7 Å². The molecule has 0 aliphatic carbocycles. The zero-order valence-electron chi connectivity index (χ0n) is 8.94. The Hall–Kier alpha value is -1.61. The number of aliphatic imine (C=N–C) groups is 1. The largest absolute Gasteiger partial charge is 0.386 e. The Morgan fingerprint density at radius 1 is 1.44 bits per heavy atom. The molecule has 2 aromatic rings. The van der Waals surface area contributed by atoms with E-state index in [0.29, 0.717) is 5.84 Å². The molecule has 3 nitrogen and oxygen atoms in total. The number of hydrogen-bond acceptors (Lipinski definition) is 2. The second-order valence-electron chi connectivity index (χ2n) is 3.54. The van der Waals surface area contributed by atoms with Gasteiger partial charge in [0.25, 0.3) is 0 Å². The van der Waals surface area contributed by atoms with Crippen molar-refractivity contribution < 1.29 is 0 Å². The van der Waals surface area contributed by atoms with Gasteiger partial charge in [-0.05, 0) is 18.6 Å². The highest BCUT2D eigenvalue weighted by Gasteiger charge is 2.04. The number of alkyl halides is 1. The summed E-state index contributed by atoms with van der Waals surface area (Å²) in [6.07, 6.45) is 1.75. The van der Waals surface area contributed by atoms with Crippen LogP contribution in [0.5, 0.6) is 0 Å². The zero-order chi connectivity index (χ0) is 11.5. The summed E-state index contributed by atoms with van der Waals surface area (Å²) in [6, 6.07) is 7.92. The minimum Gasteiger partial charge on any atom is -0.386 e. The third-order valence-corrected chi connectivity index (χ3v) is 2.62. The van der Waals surface area contributed by atoms with Gasteiger partial charge in [-0.2, -0.15) is 0 Å². The monoisotopic (exact) mass is 233 g/mol. The number of aryl methyl sites for hydroxylation is 1. The molecule has 2 N–H and O–H groups in total. The van der Waals surface area contributed by atoms with Gasteiger partial charge in [-0.25, -0.2) is 4.99 Å². The van der Waals surface area contributed by atoms with Gasteiger partial charge in [0.15, 0.2) is 0 Å². The average molecular weight is 234 g/mol. The Kier molecular flexibility index (Phi) is 3.06. The third-order valence-electron chi connectivity index (χ3n) is 2.34. The highest BCUT2D eigenvalue weighted by atomic mass is 35.5. The predicted octanol–water partition coefficient (Wildman–Crippen LogP) is 2.77. The van der Waals surface area contributed by atoms with Crippen molar-refractivity contribution in [3.05, 3.63) is 36.0 Å². The predicted molar refractivity (Wildman–Crippen MR) is 68.5 cm³/mol. The van der Waals surface area contributed by atoms with Gasteiger partial charge in [0.2, 0.25) is 0 Å². The van der Waals surface area contributed by atoms with E-state index < -0.39 is 0 Å². The first-order chi connectivity index (χ1) is 7.72. The topological polar surface area (TPSA) is 51.3 Å². The zero-order valence-corrected chi connectivity index (χ0v) is 9.70. The van der Waals surface area contributed by atoms with Gasteiger partial charge in [0.1, 0.15) is 5.84 Å². The van der Waals surface area contributed by atoms with E-state index in [1.807, 2.05) is 31.2 Å². The SMILES string of the molecule is Cc1ccc2cccnc2c1N=C(N)CCl. The summed E-state index contributed by atoms with van der Waals surface area (Å²) in [5, 5.41) is 1.05. The van der Waals surface area contributed by atoms with Gasteiger partial charge in [0.05, 0.1) is 17.1 Å². The van der Waals surface area contributed by atoms with E-state index in [-0.39, 0.29) is 5.88 Å². The van der Waals surface area contributed by atoms with Crippen LogP contribution in [0.4, 0.5) is 5.69 Å². The van der Waals surface area contributed by atoms with Crippen LogP contribution in [0.3, 0.4) is 0 Å². The molecule has 0 spiro atoms. The Bertz CT molecular complexity index is 549. The quantitative estimate of drug-likeness (QED) is 0.493. The molecule has 0 unspecified atom stereocenters. The maximum atomic E-state index is 5.66. The lowest BCUT2D eigenvalue weighted by atomic mass is 10.1. The molecule has 1 aromatic heterocycles. The summed E-state index contributed by atoms with van der Waals surface area (Å²) >= 11 is 5.63. The second-order valence-corrected chi connectivity index (χ2v) is 3.81. The number of benzene rings is 1. The molecule has 0 saturated heterocycles. The molecule has 4 heteroatoms. The first kappa shape index (κ1) is 10.9. The number of nitrogens with zero attached hydrogens (tertiary/aromatic N) is 2. The van der Waals surface area contributed by atoms with Crippen LogP contribution >= 0.6 is 11.6 Å². The molecule has 82 valence electrons. The van der Waals surface area contributed by atoms with Crippen molar-refractivity contribution >= 4 is 34.0 Å². The van der Waals surface area contributed by atoms with E-state index in [0.717, 1.165) is 22.2 Å². The van der Waals surface area contributed by atoms with Crippen molar-refractivity contribution in [3.8, 4) is 0 Å². The van der Waals surface area contributed by atoms with E-state index in [2.05, 4.69) is 9.98 Å². The number of amidine groups is 1. The van der Waals surface area contributed by atoms with Crippen LogP contribution < -0.4 is 5.73 Å². The van der Waals surface area contributed by atoms with E-state index in [4.69, 9.17) is 17.3 Å². The molecular weight excluding hydrogens is 222 g/mol. The van der Waals surface area contributed by atoms with E-state index in [9.17, 15) is 0 Å². The smallest absolute Gasteiger partial charge is 0.115 e. The average Bonchev–Trinajstić information content (AvgIpc) is 2.32. The summed E-state index contributed by atoms with van der Waals surface area (Å²) in [4.78, 5) is 8.63. The highest BCUT2D eigenvalue weighted by molar-refractivity contribution is 6.28. The van der Waals surface area contributed by atoms with Crippen molar-refractivity contribution in [2.45, 2.75) is 6.92 Å². The summed E-state index contributed by atoms with van der Waals surface area (Å²) in [5.41, 5.74) is 8.36. The number of fused-ring (bicyclic) bond motifs is 1. The molecule has 0 bridgehead atoms. The normalized spacial score (nSPS) is 12.0. The van der Waals surface area contributed by atoms with Gasteiger partial charge < -0.3 is 5.73 Å². The molecule has 0 saturated carbocycles. The van der Waals surface area contributed by atoms with Gasteiger partial charge >= 0.3 is 0 Å². The molecular formula is C12H12ClN3. The fraction of sp³-hybridized carbons (Fsp3) is 0.167. The number of halogens is 1. The van der Waals surface area contributed by atoms with Crippen LogP contribution in [0.25, 0.3) is 10.9 Å². The number of nitrogens with two attached hydrogens (primary N) is 1. The van der Waals surface area contributed by atoms with Crippen LogP contribution in [-0.2, 0) is 0 Å². The third kappa shape index (κ3) is 1.99. The van der Waals surface area contributed by atoms with Gasteiger partial charge in [0, 0.05) is 11.6 Å². The molecule has 0 fully saturated rings. The highest BCUT2D eigenvalue weighted by Crippen LogP contribution is 2.27. The minimum absolute atomic E-state index is 0.225. The Morgan fingerprint density at radius 3 is 3.00 bits per heavy atom. The van der Waals surface area contributed by atoms with E-state index >= 15 is 0 Å². The Morgan fingerprint density at radius 2 is 2.25 bits per heavy atom. The molecule has 0 aliphatic heterocycles. The number of rotatable bonds is 2. The molecule has 1 aromatic carbocycles. The first-order valence-electron chi connectivity index (χ1n) is 4.95. The molecule has 1 heterocycles. The maximum absolute atomic E-state index is 5.66. The molecule has 2 rings (SSSR count). The number of pyridine rings is 1. The van der Waals surface area contributed by atoms with Gasteiger partial charge in [-0.3, -0.25) is 4.98 Å². The Balaban J connectivity index is 2.71. The van der Waals surface area contributed by atoms with Crippen LogP contribution in [0, 0.1) is 6.92 Å².